The number of piperidine rings is 1. The lowest BCUT2D eigenvalue weighted by atomic mass is 9.86. The summed E-state index contributed by atoms with van der Waals surface area (Å²) in [6, 6.07) is 8.72. The number of aromatic nitrogens is 3. The van der Waals surface area contributed by atoms with Crippen molar-refractivity contribution in [2.45, 2.75) is 43.8 Å². The van der Waals surface area contributed by atoms with Gasteiger partial charge in [-0.15, -0.1) is 0 Å². The molecule has 2 unspecified atom stereocenters. The van der Waals surface area contributed by atoms with Crippen LogP contribution < -0.4 is 15.8 Å². The highest BCUT2D eigenvalue weighted by Crippen LogP contribution is 2.39. The van der Waals surface area contributed by atoms with Gasteiger partial charge in [-0.05, 0) is 55.0 Å². The average molecular weight is 431 g/mol. The highest BCUT2D eigenvalue weighted by molar-refractivity contribution is 5.92. The van der Waals surface area contributed by atoms with Crippen LogP contribution in [0.2, 0.25) is 0 Å². The molecule has 8 nitrogen and oxygen atoms in total. The summed E-state index contributed by atoms with van der Waals surface area (Å²) in [5.74, 6) is 0.253. The van der Waals surface area contributed by atoms with E-state index in [1.165, 1.54) is 6.42 Å². The van der Waals surface area contributed by atoms with E-state index >= 15 is 0 Å². The van der Waals surface area contributed by atoms with Crippen molar-refractivity contribution in [1.29, 1.82) is 0 Å². The number of nitrogens with one attached hydrogen (secondary N) is 2. The first-order chi connectivity index (χ1) is 15.6. The third-order valence-electron chi connectivity index (χ3n) is 6.98. The molecule has 2 bridgehead atoms. The summed E-state index contributed by atoms with van der Waals surface area (Å²) >= 11 is 0. The molecule has 0 radical (unpaired) electrons. The Hall–Kier alpha value is -3.26. The fourth-order valence-electron chi connectivity index (χ4n) is 5.23. The quantitative estimate of drug-likeness (QED) is 0.643. The number of fused-ring (bicyclic) bond motifs is 3. The lowest BCUT2D eigenvalue weighted by Crippen LogP contribution is -2.68. The minimum absolute atomic E-state index is 0.0323. The highest BCUT2D eigenvalue weighted by atomic mass is 16.1. The summed E-state index contributed by atoms with van der Waals surface area (Å²) < 4.78 is 0. The monoisotopic (exact) mass is 430 g/mol. The Labute approximate surface area is 185 Å². The number of H-pyrrole nitrogens is 1. The molecule has 1 amide bonds. The highest BCUT2D eigenvalue weighted by Gasteiger charge is 2.44. The van der Waals surface area contributed by atoms with Gasteiger partial charge in [-0.25, -0.2) is 4.98 Å². The summed E-state index contributed by atoms with van der Waals surface area (Å²) in [6.07, 6.45) is 7.14. The lowest BCUT2D eigenvalue weighted by Gasteiger charge is -2.57. The van der Waals surface area contributed by atoms with Crippen molar-refractivity contribution >= 4 is 22.6 Å². The number of nitrogens with zero attached hydrogens (tertiary/aromatic N) is 4. The Bertz CT molecular complexity index is 1240. The van der Waals surface area contributed by atoms with Crippen LogP contribution >= 0.6 is 0 Å². The number of piperazine rings is 1. The van der Waals surface area contributed by atoms with Gasteiger partial charge in [0.25, 0.3) is 11.5 Å². The summed E-state index contributed by atoms with van der Waals surface area (Å²) in [7, 11) is 1.61. The van der Waals surface area contributed by atoms with E-state index in [9.17, 15) is 9.59 Å². The second-order valence-electron chi connectivity index (χ2n) is 9.23. The molecule has 32 heavy (non-hydrogen) atoms. The minimum Gasteiger partial charge on any atom is -0.362 e. The zero-order valence-corrected chi connectivity index (χ0v) is 18.0. The maximum atomic E-state index is 12.4. The Morgan fingerprint density at radius 3 is 2.66 bits per heavy atom. The number of amides is 1. The molecule has 2 N–H and O–H groups in total. The van der Waals surface area contributed by atoms with Crippen LogP contribution in [0, 0.1) is 0 Å². The van der Waals surface area contributed by atoms with E-state index in [2.05, 4.69) is 36.1 Å². The maximum Gasteiger partial charge on any atom is 0.269 e. The second kappa shape index (κ2) is 7.41. The number of aromatic amines is 1. The van der Waals surface area contributed by atoms with Gasteiger partial charge >= 0.3 is 0 Å². The zero-order chi connectivity index (χ0) is 21.8. The van der Waals surface area contributed by atoms with Crippen LogP contribution in [0.4, 0.5) is 5.69 Å². The molecule has 3 aromatic rings. The van der Waals surface area contributed by atoms with Crippen LogP contribution in [-0.2, 0) is 6.54 Å². The Kier molecular flexibility index (Phi) is 4.50. The SMILES string of the molecule is CNC(=O)c1ccc(N2C3CC2CN(Cc2cnc4cc(C5CC5)c(=O)[nH]c4c2)C3)cn1. The summed E-state index contributed by atoms with van der Waals surface area (Å²) in [5.41, 5.74) is 5.25. The topological polar surface area (TPSA) is 94.2 Å². The molecule has 8 heteroatoms. The number of pyridine rings is 3. The van der Waals surface area contributed by atoms with Gasteiger partial charge < -0.3 is 15.2 Å². The fourth-order valence-corrected chi connectivity index (χ4v) is 5.23. The fraction of sp³-hybridized carbons (Fsp3) is 0.417. The number of rotatable bonds is 5. The van der Waals surface area contributed by atoms with Crippen LogP contribution in [-0.4, -0.2) is 58.0 Å². The molecule has 0 spiro atoms. The largest absolute Gasteiger partial charge is 0.362 e. The molecule has 7 rings (SSSR count). The van der Waals surface area contributed by atoms with Crippen LogP contribution in [0.5, 0.6) is 0 Å². The number of hydrogen-bond donors (Lipinski definition) is 2. The smallest absolute Gasteiger partial charge is 0.269 e. The van der Waals surface area contributed by atoms with Crippen molar-refractivity contribution in [3.63, 3.8) is 0 Å². The third kappa shape index (κ3) is 3.35. The predicted molar refractivity (Wildman–Crippen MR) is 122 cm³/mol. The molecule has 4 aliphatic rings. The summed E-state index contributed by atoms with van der Waals surface area (Å²) in [5, 5.41) is 2.60. The van der Waals surface area contributed by atoms with Gasteiger partial charge in [-0.3, -0.25) is 19.5 Å². The molecular formula is C24H26N6O2. The van der Waals surface area contributed by atoms with E-state index in [0.29, 0.717) is 23.7 Å². The van der Waals surface area contributed by atoms with Crippen LogP contribution in [0.3, 0.4) is 0 Å². The predicted octanol–water partition coefficient (Wildman–Crippen LogP) is 2.02. The van der Waals surface area contributed by atoms with E-state index in [0.717, 1.165) is 60.3 Å². The molecule has 0 aromatic carbocycles. The van der Waals surface area contributed by atoms with Crippen LogP contribution in [0.25, 0.3) is 11.0 Å². The van der Waals surface area contributed by atoms with Crippen molar-refractivity contribution in [3.8, 4) is 0 Å². The van der Waals surface area contributed by atoms with Crippen LogP contribution in [0.1, 0.15) is 46.8 Å². The summed E-state index contributed by atoms with van der Waals surface area (Å²) in [6.45, 7) is 2.77. The van der Waals surface area contributed by atoms with E-state index in [1.807, 2.05) is 18.3 Å². The molecule has 3 aromatic heterocycles. The van der Waals surface area contributed by atoms with E-state index < -0.39 is 0 Å². The van der Waals surface area contributed by atoms with Crippen molar-refractivity contribution in [1.82, 2.24) is 25.2 Å². The van der Waals surface area contributed by atoms with E-state index in [-0.39, 0.29) is 11.5 Å². The Morgan fingerprint density at radius 1 is 1.16 bits per heavy atom. The number of hydrogen-bond acceptors (Lipinski definition) is 6. The second-order valence-corrected chi connectivity index (χ2v) is 9.23. The summed E-state index contributed by atoms with van der Waals surface area (Å²) in [4.78, 5) is 41.0. The van der Waals surface area contributed by atoms with E-state index in [1.54, 1.807) is 19.3 Å². The molecule has 2 atom stereocenters. The van der Waals surface area contributed by atoms with Gasteiger partial charge in [0.2, 0.25) is 0 Å². The number of anilines is 1. The minimum atomic E-state index is -0.166. The normalized spacial score (nSPS) is 22.6. The first-order valence-electron chi connectivity index (χ1n) is 11.3. The molecular weight excluding hydrogens is 404 g/mol. The van der Waals surface area contributed by atoms with Gasteiger partial charge in [0, 0.05) is 50.5 Å². The third-order valence-corrected chi connectivity index (χ3v) is 6.98. The van der Waals surface area contributed by atoms with Gasteiger partial charge in [0.05, 0.1) is 22.9 Å². The van der Waals surface area contributed by atoms with Crippen molar-refractivity contribution in [3.05, 3.63) is 63.8 Å². The van der Waals surface area contributed by atoms with Gasteiger partial charge in [-0.1, -0.05) is 0 Å². The average Bonchev–Trinajstić information content (AvgIpc) is 3.64. The maximum absolute atomic E-state index is 12.4. The molecule has 164 valence electrons. The number of carbonyl (C=O) groups excluding carboxylic acids is 1. The standard InChI is InChI=1S/C24H26N6O2/c1-25-24(32)20-5-4-16(10-27-20)30-17-7-18(30)13-29(12-17)11-14-6-22-21(26-9-14)8-19(15-2-3-15)23(31)28-22/h4-6,8-10,15,17-18H,2-3,7,11-13H2,1H3,(H,25,32)(H,28,31). The number of carbonyl (C=O) groups is 1. The molecule has 1 saturated carbocycles. The molecule has 3 aliphatic heterocycles. The van der Waals surface area contributed by atoms with Gasteiger partial charge in [-0.2, -0.15) is 0 Å². The molecule has 3 saturated heterocycles. The van der Waals surface area contributed by atoms with Gasteiger partial charge in [0.15, 0.2) is 0 Å². The molecule has 6 heterocycles. The Morgan fingerprint density at radius 2 is 1.97 bits per heavy atom. The molecule has 1 aliphatic carbocycles. The zero-order valence-electron chi connectivity index (χ0n) is 18.0. The van der Waals surface area contributed by atoms with Crippen LogP contribution in [0.15, 0.2) is 41.5 Å². The first-order valence-corrected chi connectivity index (χ1v) is 11.3. The Balaban J connectivity index is 1.14. The molecule has 4 fully saturated rings. The van der Waals surface area contributed by atoms with Gasteiger partial charge in [0.1, 0.15) is 5.69 Å². The lowest BCUT2D eigenvalue weighted by molar-refractivity contribution is 0.0958. The van der Waals surface area contributed by atoms with Crippen molar-refractivity contribution in [2.75, 3.05) is 25.0 Å². The van der Waals surface area contributed by atoms with Crippen molar-refractivity contribution in [2.24, 2.45) is 0 Å². The van der Waals surface area contributed by atoms with Crippen molar-refractivity contribution < 1.29 is 4.79 Å². The first kappa shape index (κ1) is 19.4. The van der Waals surface area contributed by atoms with E-state index in [4.69, 9.17) is 0 Å².